The molecule has 0 aromatic heterocycles. The van der Waals surface area contributed by atoms with Crippen molar-refractivity contribution in [3.8, 4) is 0 Å². The van der Waals surface area contributed by atoms with Gasteiger partial charge in [-0.2, -0.15) is 0 Å². The van der Waals surface area contributed by atoms with E-state index in [1.54, 1.807) is 6.08 Å². The maximum atomic E-state index is 13.6. The quantitative estimate of drug-likeness (QED) is 0.178. The van der Waals surface area contributed by atoms with Crippen molar-refractivity contribution < 1.29 is 67.8 Å². The van der Waals surface area contributed by atoms with Crippen LogP contribution in [-0.4, -0.2) is 99.8 Å². The van der Waals surface area contributed by atoms with Crippen molar-refractivity contribution >= 4 is 35.6 Å². The first-order valence-electron chi connectivity index (χ1n) is 16.8. The highest BCUT2D eigenvalue weighted by molar-refractivity contribution is 5.98. The number of ketones is 1. The Bertz CT molecular complexity index is 1590. The molecule has 14 heteroatoms. The number of esters is 5. The summed E-state index contributed by atoms with van der Waals surface area (Å²) in [5.74, 6) is -5.31. The standard InChI is InChI=1S/C36H46O14/c1-19(37)46-16-23-14-29(50-31(42)25(23)17-47-20(2)38)33(6,43)35(44)15-30(49-22(4)40)36(45)27-11-10-24-8-7-9-28(41)32(24,5)26(27)12-13-34(35,36)18-48-21(3)39/h7,9-10,26-27,29-30,43-45H,8,11-18H2,1-6H3/t26-,27+,29+,30-,32-,33-,34-,35+,36-/m0/s1. The SMILES string of the molecule is CC(=O)OCC1=C(COC(C)=O)C(=O)O[C@@H]([C@](C)(O)[C@]2(O)C[C@H](OC(C)=O)[C@@]3(O)[C@@H]4CC=C5CC=CC(=O)[C@]5(C)[C@H]4CC[C@@]32COC(C)=O)C1. The zero-order valence-electron chi connectivity index (χ0n) is 29.2. The molecule has 5 aliphatic rings. The van der Waals surface area contributed by atoms with Gasteiger partial charge in [-0.05, 0) is 63.0 Å². The molecule has 0 unspecified atom stereocenters. The lowest BCUT2D eigenvalue weighted by atomic mass is 9.44. The number of hydrogen-bond acceptors (Lipinski definition) is 14. The second-order valence-electron chi connectivity index (χ2n) is 14.6. The molecular formula is C36H46O14. The number of fused-ring (bicyclic) bond motifs is 5. The molecule has 5 rings (SSSR count). The molecule has 0 saturated heterocycles. The van der Waals surface area contributed by atoms with Crippen LogP contribution in [0.2, 0.25) is 0 Å². The Balaban J connectivity index is 1.65. The lowest BCUT2D eigenvalue weighted by Crippen LogP contribution is -2.75. The minimum atomic E-state index is -2.47. The van der Waals surface area contributed by atoms with Crippen molar-refractivity contribution in [3.05, 3.63) is 34.9 Å². The van der Waals surface area contributed by atoms with Crippen LogP contribution in [0.15, 0.2) is 34.9 Å². The van der Waals surface area contributed by atoms with Crippen LogP contribution in [0.5, 0.6) is 0 Å². The van der Waals surface area contributed by atoms with E-state index in [1.807, 2.05) is 13.0 Å². The van der Waals surface area contributed by atoms with Crippen LogP contribution in [0.1, 0.15) is 80.1 Å². The molecule has 1 aliphatic heterocycles. The number of ether oxygens (including phenoxy) is 5. The lowest BCUT2D eigenvalue weighted by molar-refractivity contribution is -0.299. The van der Waals surface area contributed by atoms with Crippen LogP contribution in [0.25, 0.3) is 0 Å². The van der Waals surface area contributed by atoms with Crippen LogP contribution < -0.4 is 0 Å². The Morgan fingerprint density at radius 1 is 0.960 bits per heavy atom. The first kappa shape index (κ1) is 37.4. The third-order valence-corrected chi connectivity index (χ3v) is 12.1. The van der Waals surface area contributed by atoms with Crippen molar-refractivity contribution in [2.24, 2.45) is 22.7 Å². The average Bonchev–Trinajstić information content (AvgIpc) is 3.22. The van der Waals surface area contributed by atoms with Gasteiger partial charge in [0.15, 0.2) is 5.78 Å². The first-order valence-corrected chi connectivity index (χ1v) is 16.8. The molecule has 14 nitrogen and oxygen atoms in total. The van der Waals surface area contributed by atoms with E-state index in [0.717, 1.165) is 33.3 Å². The van der Waals surface area contributed by atoms with Crippen molar-refractivity contribution in [3.63, 3.8) is 0 Å². The van der Waals surface area contributed by atoms with Gasteiger partial charge in [0.2, 0.25) is 0 Å². The third kappa shape index (κ3) is 5.59. The van der Waals surface area contributed by atoms with E-state index >= 15 is 0 Å². The zero-order chi connectivity index (χ0) is 37.0. The van der Waals surface area contributed by atoms with Gasteiger partial charge in [0, 0.05) is 40.5 Å². The highest BCUT2D eigenvalue weighted by atomic mass is 16.6. The topological polar surface area (TPSA) is 209 Å². The second-order valence-corrected chi connectivity index (χ2v) is 14.6. The van der Waals surface area contributed by atoms with Crippen LogP contribution in [0.4, 0.5) is 0 Å². The van der Waals surface area contributed by atoms with E-state index in [0.29, 0.717) is 6.42 Å². The Labute approximate surface area is 289 Å². The third-order valence-electron chi connectivity index (χ3n) is 12.1. The molecule has 2 saturated carbocycles. The fourth-order valence-electron chi connectivity index (χ4n) is 9.56. The maximum Gasteiger partial charge on any atom is 0.337 e. The summed E-state index contributed by atoms with van der Waals surface area (Å²) < 4.78 is 27.3. The number of allylic oxidation sites excluding steroid dienone is 4. The van der Waals surface area contributed by atoms with Gasteiger partial charge in [0.1, 0.15) is 48.8 Å². The van der Waals surface area contributed by atoms with E-state index in [2.05, 4.69) is 0 Å². The highest BCUT2D eigenvalue weighted by Crippen LogP contribution is 2.71. The van der Waals surface area contributed by atoms with Gasteiger partial charge in [0.05, 0.1) is 16.4 Å². The summed E-state index contributed by atoms with van der Waals surface area (Å²) in [4.78, 5) is 75.3. The summed E-state index contributed by atoms with van der Waals surface area (Å²) in [5, 5.41) is 39.0. The molecule has 1 heterocycles. The van der Waals surface area contributed by atoms with Crippen LogP contribution in [-0.2, 0) is 52.5 Å². The normalized spacial score (nSPS) is 37.3. The minimum absolute atomic E-state index is 0.0866. The predicted octanol–water partition coefficient (Wildman–Crippen LogP) is 1.71. The van der Waals surface area contributed by atoms with Crippen LogP contribution >= 0.6 is 0 Å². The van der Waals surface area contributed by atoms with Gasteiger partial charge in [-0.15, -0.1) is 0 Å². The number of rotatable bonds is 9. The first-order chi connectivity index (χ1) is 23.3. The van der Waals surface area contributed by atoms with Gasteiger partial charge in [-0.25, -0.2) is 4.79 Å². The molecule has 0 aromatic carbocycles. The van der Waals surface area contributed by atoms with Gasteiger partial charge < -0.3 is 39.0 Å². The minimum Gasteiger partial charge on any atom is -0.465 e. The second kappa shape index (κ2) is 13.0. The molecule has 0 aromatic rings. The fraction of sp³-hybridized carbons (Fsp3) is 0.667. The molecule has 9 atom stereocenters. The van der Waals surface area contributed by atoms with Gasteiger partial charge in [0.25, 0.3) is 0 Å². The molecule has 0 amide bonds. The van der Waals surface area contributed by atoms with E-state index in [4.69, 9.17) is 23.7 Å². The summed E-state index contributed by atoms with van der Waals surface area (Å²) in [6.45, 7) is 6.13. The molecular weight excluding hydrogens is 656 g/mol. The smallest absolute Gasteiger partial charge is 0.337 e. The lowest BCUT2D eigenvalue weighted by Gasteiger charge is -2.63. The summed E-state index contributed by atoms with van der Waals surface area (Å²) in [6.07, 6.45) is 2.31. The maximum absolute atomic E-state index is 13.6. The number of hydrogen-bond donors (Lipinski definition) is 3. The summed E-state index contributed by atoms with van der Waals surface area (Å²) in [6, 6.07) is 0. The summed E-state index contributed by atoms with van der Waals surface area (Å²) >= 11 is 0. The van der Waals surface area contributed by atoms with E-state index in [1.165, 1.54) is 13.0 Å². The highest BCUT2D eigenvalue weighted by Gasteiger charge is 2.82. The van der Waals surface area contributed by atoms with Crippen molar-refractivity contribution in [2.75, 3.05) is 19.8 Å². The molecule has 274 valence electrons. The van der Waals surface area contributed by atoms with Gasteiger partial charge in [-0.3, -0.25) is 24.0 Å². The van der Waals surface area contributed by atoms with Crippen LogP contribution in [0.3, 0.4) is 0 Å². The van der Waals surface area contributed by atoms with Crippen LogP contribution in [0, 0.1) is 22.7 Å². The van der Waals surface area contributed by atoms with E-state index in [9.17, 15) is 44.1 Å². The van der Waals surface area contributed by atoms with Crippen molar-refractivity contribution in [1.82, 2.24) is 0 Å². The molecule has 2 fully saturated rings. The number of aliphatic hydroxyl groups is 3. The average molecular weight is 703 g/mol. The Morgan fingerprint density at radius 2 is 1.60 bits per heavy atom. The Hall–Kier alpha value is -3.88. The summed E-state index contributed by atoms with van der Waals surface area (Å²) in [7, 11) is 0. The largest absolute Gasteiger partial charge is 0.465 e. The number of cyclic esters (lactones) is 1. The zero-order valence-corrected chi connectivity index (χ0v) is 29.2. The number of carbonyl (C=O) groups is 6. The fourth-order valence-corrected chi connectivity index (χ4v) is 9.56. The number of carbonyl (C=O) groups excluding carboxylic acids is 6. The molecule has 50 heavy (non-hydrogen) atoms. The molecule has 4 aliphatic carbocycles. The monoisotopic (exact) mass is 702 g/mol. The van der Waals surface area contributed by atoms with Crippen molar-refractivity contribution in [1.29, 1.82) is 0 Å². The predicted molar refractivity (Wildman–Crippen MR) is 170 cm³/mol. The molecule has 0 bridgehead atoms. The Kier molecular flexibility index (Phi) is 9.74. The Morgan fingerprint density at radius 3 is 2.22 bits per heavy atom. The molecule has 0 radical (unpaired) electrons. The van der Waals surface area contributed by atoms with E-state index in [-0.39, 0.29) is 42.6 Å². The molecule has 0 spiro atoms. The van der Waals surface area contributed by atoms with Gasteiger partial charge in [-0.1, -0.05) is 17.7 Å². The van der Waals surface area contributed by atoms with Crippen molar-refractivity contribution in [2.45, 2.75) is 109 Å². The summed E-state index contributed by atoms with van der Waals surface area (Å²) in [5.41, 5.74) is -9.06. The molecule has 3 N–H and O–H groups in total. The van der Waals surface area contributed by atoms with Gasteiger partial charge >= 0.3 is 29.8 Å². The van der Waals surface area contributed by atoms with E-state index < -0.39 is 108 Å².